The number of benzene rings is 1. The first kappa shape index (κ1) is 10.1. The molecule has 1 aliphatic carbocycles. The van der Waals surface area contributed by atoms with Crippen LogP contribution in [0.4, 0.5) is 5.69 Å². The summed E-state index contributed by atoms with van der Waals surface area (Å²) < 4.78 is 5.68. The second kappa shape index (κ2) is 4.06. The Labute approximate surface area is 100 Å². The Morgan fingerprint density at radius 1 is 1.38 bits per heavy atom. The van der Waals surface area contributed by atoms with Gasteiger partial charge in [-0.3, -0.25) is 0 Å². The number of aromatic nitrogens is 1. The Kier molecular flexibility index (Phi) is 2.56. The normalized spacial score (nSPS) is 15.6. The lowest BCUT2D eigenvalue weighted by Gasteiger charge is -2.06. The standard InChI is InChI=1S/C13H16N2S/c1-16-14-12-5-4-11-6-7-15(13(11)8-12)9-10-2-3-10/h4-8,10,14H,2-3,9H2,1H3. The predicted octanol–water partition coefficient (Wildman–Crippen LogP) is 3.74. The molecule has 1 aromatic carbocycles. The van der Waals surface area contributed by atoms with Gasteiger partial charge >= 0.3 is 0 Å². The maximum Gasteiger partial charge on any atom is 0.0501 e. The lowest BCUT2D eigenvalue weighted by molar-refractivity contribution is 0.647. The highest BCUT2D eigenvalue weighted by molar-refractivity contribution is 7.99. The Bertz CT molecular complexity index is 500. The number of anilines is 1. The van der Waals surface area contributed by atoms with E-state index in [1.807, 2.05) is 6.26 Å². The molecule has 2 nitrogen and oxygen atoms in total. The molecule has 0 atom stereocenters. The van der Waals surface area contributed by atoms with Gasteiger partial charge in [0.25, 0.3) is 0 Å². The summed E-state index contributed by atoms with van der Waals surface area (Å²) >= 11 is 1.64. The van der Waals surface area contributed by atoms with E-state index in [0.29, 0.717) is 0 Å². The molecule has 1 N–H and O–H groups in total. The van der Waals surface area contributed by atoms with Crippen LogP contribution in [0.15, 0.2) is 30.5 Å². The van der Waals surface area contributed by atoms with Crippen LogP contribution in [0.5, 0.6) is 0 Å². The number of nitrogens with one attached hydrogen (secondary N) is 1. The second-order valence-electron chi connectivity index (χ2n) is 4.49. The monoisotopic (exact) mass is 232 g/mol. The second-order valence-corrected chi connectivity index (χ2v) is 5.10. The highest BCUT2D eigenvalue weighted by Gasteiger charge is 2.21. The quantitative estimate of drug-likeness (QED) is 0.809. The summed E-state index contributed by atoms with van der Waals surface area (Å²) in [5.41, 5.74) is 2.54. The fraction of sp³-hybridized carbons (Fsp3) is 0.385. The molecule has 1 saturated carbocycles. The van der Waals surface area contributed by atoms with E-state index in [1.54, 1.807) is 11.9 Å². The van der Waals surface area contributed by atoms with Gasteiger partial charge in [0.2, 0.25) is 0 Å². The van der Waals surface area contributed by atoms with Crippen LogP contribution in [0.25, 0.3) is 10.9 Å². The maximum atomic E-state index is 3.29. The number of fused-ring (bicyclic) bond motifs is 1. The number of nitrogens with zero attached hydrogens (tertiary/aromatic N) is 1. The third kappa shape index (κ3) is 1.92. The van der Waals surface area contributed by atoms with E-state index in [9.17, 15) is 0 Å². The summed E-state index contributed by atoms with van der Waals surface area (Å²) in [7, 11) is 0. The van der Waals surface area contributed by atoms with Crippen molar-refractivity contribution in [1.82, 2.24) is 4.57 Å². The van der Waals surface area contributed by atoms with Gasteiger partial charge in [-0.05, 0) is 42.3 Å². The minimum atomic E-state index is 0.924. The van der Waals surface area contributed by atoms with Gasteiger partial charge in [0.1, 0.15) is 0 Å². The molecule has 84 valence electrons. The largest absolute Gasteiger partial charge is 0.347 e. The molecule has 3 rings (SSSR count). The third-order valence-electron chi connectivity index (χ3n) is 3.15. The SMILES string of the molecule is CSNc1ccc2ccn(CC3CC3)c2c1. The minimum Gasteiger partial charge on any atom is -0.347 e. The molecule has 0 saturated heterocycles. The molecule has 0 unspecified atom stereocenters. The molecular weight excluding hydrogens is 216 g/mol. The highest BCUT2D eigenvalue weighted by Crippen LogP contribution is 2.32. The molecule has 2 aromatic rings. The summed E-state index contributed by atoms with van der Waals surface area (Å²) in [6, 6.07) is 8.78. The first-order valence-electron chi connectivity index (χ1n) is 5.75. The zero-order chi connectivity index (χ0) is 11.0. The molecule has 3 heteroatoms. The van der Waals surface area contributed by atoms with Crippen LogP contribution in [0.3, 0.4) is 0 Å². The van der Waals surface area contributed by atoms with Gasteiger partial charge in [-0.1, -0.05) is 18.0 Å². The third-order valence-corrected chi connectivity index (χ3v) is 3.59. The molecule has 0 spiro atoms. The van der Waals surface area contributed by atoms with E-state index in [2.05, 4.69) is 39.8 Å². The van der Waals surface area contributed by atoms with Crippen LogP contribution in [-0.4, -0.2) is 10.8 Å². The molecule has 1 heterocycles. The van der Waals surface area contributed by atoms with Gasteiger partial charge in [0.05, 0.1) is 5.52 Å². The zero-order valence-corrected chi connectivity index (χ0v) is 10.3. The molecular formula is C13H16N2S. The van der Waals surface area contributed by atoms with Gasteiger partial charge in [0, 0.05) is 24.7 Å². The van der Waals surface area contributed by atoms with Gasteiger partial charge in [-0.15, -0.1) is 0 Å². The smallest absolute Gasteiger partial charge is 0.0501 e. The summed E-state index contributed by atoms with van der Waals surface area (Å²) in [5.74, 6) is 0.924. The Hall–Kier alpha value is -1.09. The summed E-state index contributed by atoms with van der Waals surface area (Å²) in [5, 5.41) is 1.34. The number of hydrogen-bond acceptors (Lipinski definition) is 2. The molecule has 0 bridgehead atoms. The van der Waals surface area contributed by atoms with Crippen molar-refractivity contribution in [1.29, 1.82) is 0 Å². The first-order valence-corrected chi connectivity index (χ1v) is 6.97. The molecule has 0 amide bonds. The molecule has 1 aliphatic rings. The lowest BCUT2D eigenvalue weighted by Crippen LogP contribution is -1.97. The summed E-state index contributed by atoms with van der Waals surface area (Å²) in [6.45, 7) is 1.19. The van der Waals surface area contributed by atoms with Crippen molar-refractivity contribution in [2.24, 2.45) is 5.92 Å². The van der Waals surface area contributed by atoms with Crippen molar-refractivity contribution in [2.75, 3.05) is 11.0 Å². The average Bonchev–Trinajstić information content (AvgIpc) is 3.01. The van der Waals surface area contributed by atoms with Crippen molar-refractivity contribution in [3.63, 3.8) is 0 Å². The van der Waals surface area contributed by atoms with Crippen molar-refractivity contribution in [3.05, 3.63) is 30.5 Å². The van der Waals surface area contributed by atoms with E-state index < -0.39 is 0 Å². The van der Waals surface area contributed by atoms with Gasteiger partial charge in [-0.25, -0.2) is 0 Å². The van der Waals surface area contributed by atoms with Crippen LogP contribution >= 0.6 is 11.9 Å². The van der Waals surface area contributed by atoms with Crippen molar-refractivity contribution in [2.45, 2.75) is 19.4 Å². The maximum absolute atomic E-state index is 3.29. The van der Waals surface area contributed by atoms with Crippen molar-refractivity contribution >= 4 is 28.5 Å². The van der Waals surface area contributed by atoms with Crippen LogP contribution in [0.2, 0.25) is 0 Å². The molecule has 1 fully saturated rings. The van der Waals surface area contributed by atoms with E-state index in [1.165, 1.54) is 36.0 Å². The van der Waals surface area contributed by atoms with E-state index in [0.717, 1.165) is 5.92 Å². The molecule has 16 heavy (non-hydrogen) atoms. The fourth-order valence-electron chi connectivity index (χ4n) is 2.10. The molecule has 1 aromatic heterocycles. The Balaban J connectivity index is 1.97. The zero-order valence-electron chi connectivity index (χ0n) is 9.44. The first-order chi connectivity index (χ1) is 7.86. The van der Waals surface area contributed by atoms with Gasteiger partial charge < -0.3 is 9.29 Å². The topological polar surface area (TPSA) is 17.0 Å². The van der Waals surface area contributed by atoms with E-state index in [-0.39, 0.29) is 0 Å². The van der Waals surface area contributed by atoms with E-state index in [4.69, 9.17) is 0 Å². The fourth-order valence-corrected chi connectivity index (χ4v) is 2.47. The average molecular weight is 232 g/mol. The van der Waals surface area contributed by atoms with E-state index >= 15 is 0 Å². The number of rotatable bonds is 4. The number of hydrogen-bond donors (Lipinski definition) is 1. The molecule has 0 radical (unpaired) electrons. The summed E-state index contributed by atoms with van der Waals surface area (Å²) in [6.07, 6.45) is 7.07. The van der Waals surface area contributed by atoms with Gasteiger partial charge in [0.15, 0.2) is 0 Å². The van der Waals surface area contributed by atoms with Crippen LogP contribution in [0.1, 0.15) is 12.8 Å². The summed E-state index contributed by atoms with van der Waals surface area (Å²) in [4.78, 5) is 0. The van der Waals surface area contributed by atoms with Crippen molar-refractivity contribution < 1.29 is 0 Å². The van der Waals surface area contributed by atoms with Crippen molar-refractivity contribution in [3.8, 4) is 0 Å². The van der Waals surface area contributed by atoms with Crippen LogP contribution in [-0.2, 0) is 6.54 Å². The minimum absolute atomic E-state index is 0.924. The van der Waals surface area contributed by atoms with Crippen LogP contribution < -0.4 is 4.72 Å². The Morgan fingerprint density at radius 2 is 2.25 bits per heavy atom. The predicted molar refractivity (Wildman–Crippen MR) is 71.8 cm³/mol. The van der Waals surface area contributed by atoms with Crippen LogP contribution in [0, 0.1) is 5.92 Å². The Morgan fingerprint density at radius 3 is 3.00 bits per heavy atom. The highest BCUT2D eigenvalue weighted by atomic mass is 32.2. The lowest BCUT2D eigenvalue weighted by atomic mass is 10.2. The van der Waals surface area contributed by atoms with Gasteiger partial charge in [-0.2, -0.15) is 0 Å². The molecule has 0 aliphatic heterocycles.